The van der Waals surface area contributed by atoms with E-state index in [0.29, 0.717) is 10.7 Å². The lowest BCUT2D eigenvalue weighted by Crippen LogP contribution is -2.01. The van der Waals surface area contributed by atoms with Crippen molar-refractivity contribution in [2.24, 2.45) is 5.10 Å². The van der Waals surface area contributed by atoms with Crippen LogP contribution >= 0.6 is 11.6 Å². The summed E-state index contributed by atoms with van der Waals surface area (Å²) in [4.78, 5) is 0. The zero-order chi connectivity index (χ0) is 12.8. The molecular formula is C14H10ClN3. The first kappa shape index (κ1) is 12.2. The van der Waals surface area contributed by atoms with Crippen LogP contribution in [0.3, 0.4) is 0 Å². The summed E-state index contributed by atoms with van der Waals surface area (Å²) in [6.07, 6.45) is 0. The van der Waals surface area contributed by atoms with Gasteiger partial charge in [0.15, 0.2) is 5.71 Å². The Labute approximate surface area is 110 Å². The predicted molar refractivity (Wildman–Crippen MR) is 73.7 cm³/mol. The molecule has 4 heteroatoms. The third-order valence-corrected chi connectivity index (χ3v) is 2.55. The van der Waals surface area contributed by atoms with E-state index in [-0.39, 0.29) is 0 Å². The van der Waals surface area contributed by atoms with Crippen molar-refractivity contribution in [2.75, 3.05) is 5.43 Å². The number of hydrogen-bond donors (Lipinski definition) is 1. The van der Waals surface area contributed by atoms with Crippen molar-refractivity contribution in [3.8, 4) is 6.07 Å². The van der Waals surface area contributed by atoms with Crippen molar-refractivity contribution in [2.45, 2.75) is 0 Å². The van der Waals surface area contributed by atoms with Crippen LogP contribution in [0.1, 0.15) is 5.56 Å². The number of rotatable bonds is 3. The first-order valence-electron chi connectivity index (χ1n) is 5.34. The molecule has 0 fully saturated rings. The maximum Gasteiger partial charge on any atom is 0.167 e. The molecule has 1 N–H and O–H groups in total. The summed E-state index contributed by atoms with van der Waals surface area (Å²) >= 11 is 5.78. The fourth-order valence-corrected chi connectivity index (χ4v) is 1.52. The number of nitrogens with one attached hydrogen (secondary N) is 1. The molecular weight excluding hydrogens is 246 g/mol. The fraction of sp³-hybridized carbons (Fsp3) is 0. The monoisotopic (exact) mass is 255 g/mol. The highest BCUT2D eigenvalue weighted by atomic mass is 35.5. The summed E-state index contributed by atoms with van der Waals surface area (Å²) in [6, 6.07) is 18.5. The minimum atomic E-state index is 0.338. The van der Waals surface area contributed by atoms with Gasteiger partial charge in [-0.1, -0.05) is 41.9 Å². The lowest BCUT2D eigenvalue weighted by molar-refractivity contribution is 1.33. The number of nitrogens with zero attached hydrogens (tertiary/aromatic N) is 2. The van der Waals surface area contributed by atoms with Gasteiger partial charge in [-0.2, -0.15) is 10.4 Å². The van der Waals surface area contributed by atoms with Crippen LogP contribution in [0, 0.1) is 11.3 Å². The molecule has 2 aromatic rings. The third kappa shape index (κ3) is 3.09. The molecule has 0 saturated heterocycles. The van der Waals surface area contributed by atoms with Gasteiger partial charge in [0.2, 0.25) is 0 Å². The molecule has 88 valence electrons. The van der Waals surface area contributed by atoms with Gasteiger partial charge in [0.05, 0.1) is 5.69 Å². The Morgan fingerprint density at radius 2 is 1.72 bits per heavy atom. The zero-order valence-electron chi connectivity index (χ0n) is 9.47. The second kappa shape index (κ2) is 5.85. The van der Waals surface area contributed by atoms with E-state index in [4.69, 9.17) is 16.9 Å². The van der Waals surface area contributed by atoms with Gasteiger partial charge in [-0.3, -0.25) is 5.43 Å². The fourth-order valence-electron chi connectivity index (χ4n) is 1.39. The molecule has 0 amide bonds. The van der Waals surface area contributed by atoms with Gasteiger partial charge in [-0.05, 0) is 24.3 Å². The van der Waals surface area contributed by atoms with E-state index in [1.165, 1.54) is 0 Å². The summed E-state index contributed by atoms with van der Waals surface area (Å²) in [5, 5.41) is 13.8. The highest BCUT2D eigenvalue weighted by Gasteiger charge is 2.00. The van der Waals surface area contributed by atoms with Crippen LogP contribution in [0.4, 0.5) is 5.69 Å². The Balaban J connectivity index is 2.17. The van der Waals surface area contributed by atoms with Gasteiger partial charge in [0, 0.05) is 10.6 Å². The van der Waals surface area contributed by atoms with Gasteiger partial charge in [-0.25, -0.2) is 0 Å². The van der Waals surface area contributed by atoms with Gasteiger partial charge in [-0.15, -0.1) is 0 Å². The number of hydrazone groups is 1. The smallest absolute Gasteiger partial charge is 0.167 e. The molecule has 0 saturated carbocycles. The second-order valence-corrected chi connectivity index (χ2v) is 3.99. The standard InChI is InChI=1S/C14H10ClN3/c15-12-6-8-13(9-7-12)17-18-14(10-16)11-4-2-1-3-5-11/h1-9,17H/b18-14+. The SMILES string of the molecule is N#C/C(=N\Nc1ccc(Cl)cc1)c1ccccc1. The molecule has 0 bridgehead atoms. The van der Waals surface area contributed by atoms with Crippen LogP contribution in [0.25, 0.3) is 0 Å². The minimum Gasteiger partial charge on any atom is -0.277 e. The van der Waals surface area contributed by atoms with E-state index in [1.807, 2.05) is 30.3 Å². The number of halogens is 1. The van der Waals surface area contributed by atoms with Gasteiger partial charge in [0.1, 0.15) is 6.07 Å². The largest absolute Gasteiger partial charge is 0.277 e. The van der Waals surface area contributed by atoms with Gasteiger partial charge in [0.25, 0.3) is 0 Å². The van der Waals surface area contributed by atoms with Crippen molar-refractivity contribution in [1.82, 2.24) is 0 Å². The number of anilines is 1. The topological polar surface area (TPSA) is 48.2 Å². The predicted octanol–water partition coefficient (Wildman–Crippen LogP) is 3.68. The zero-order valence-corrected chi connectivity index (χ0v) is 10.2. The lowest BCUT2D eigenvalue weighted by atomic mass is 10.1. The third-order valence-electron chi connectivity index (χ3n) is 2.29. The van der Waals surface area contributed by atoms with Crippen molar-refractivity contribution in [3.05, 3.63) is 65.2 Å². The van der Waals surface area contributed by atoms with E-state index in [1.54, 1.807) is 24.3 Å². The second-order valence-electron chi connectivity index (χ2n) is 3.56. The Morgan fingerprint density at radius 1 is 1.06 bits per heavy atom. The van der Waals surface area contributed by atoms with Gasteiger partial charge < -0.3 is 0 Å². The molecule has 0 aliphatic rings. The van der Waals surface area contributed by atoms with Crippen molar-refractivity contribution in [3.63, 3.8) is 0 Å². The van der Waals surface area contributed by atoms with Crippen LogP contribution < -0.4 is 5.43 Å². The van der Waals surface area contributed by atoms with Crippen molar-refractivity contribution >= 4 is 23.0 Å². The molecule has 2 aromatic carbocycles. The Kier molecular flexibility index (Phi) is 3.95. The number of benzene rings is 2. The van der Waals surface area contributed by atoms with Crippen molar-refractivity contribution < 1.29 is 0 Å². The Hall–Kier alpha value is -2.31. The molecule has 0 spiro atoms. The summed E-state index contributed by atoms with van der Waals surface area (Å²) in [7, 11) is 0. The van der Waals surface area contributed by atoms with Crippen LogP contribution in [-0.4, -0.2) is 5.71 Å². The molecule has 0 unspecified atom stereocenters. The summed E-state index contributed by atoms with van der Waals surface area (Å²) in [5.74, 6) is 0. The van der Waals surface area contributed by atoms with E-state index < -0.39 is 0 Å². The minimum absolute atomic E-state index is 0.338. The maximum absolute atomic E-state index is 9.06. The summed E-state index contributed by atoms with van der Waals surface area (Å²) in [6.45, 7) is 0. The first-order valence-corrected chi connectivity index (χ1v) is 5.72. The van der Waals surface area contributed by atoms with Crippen LogP contribution in [0.2, 0.25) is 5.02 Å². The normalized spacial score (nSPS) is 10.8. The molecule has 3 nitrogen and oxygen atoms in total. The van der Waals surface area contributed by atoms with E-state index in [9.17, 15) is 0 Å². The highest BCUT2D eigenvalue weighted by Crippen LogP contribution is 2.13. The van der Waals surface area contributed by atoms with Crippen LogP contribution in [0.15, 0.2) is 59.7 Å². The molecule has 0 aromatic heterocycles. The maximum atomic E-state index is 9.06. The molecule has 0 atom stereocenters. The van der Waals surface area contributed by atoms with Gasteiger partial charge >= 0.3 is 0 Å². The highest BCUT2D eigenvalue weighted by molar-refractivity contribution is 6.30. The lowest BCUT2D eigenvalue weighted by Gasteiger charge is -2.01. The summed E-state index contributed by atoms with van der Waals surface area (Å²) in [5.41, 5.74) is 4.73. The van der Waals surface area contributed by atoms with E-state index >= 15 is 0 Å². The molecule has 0 aliphatic heterocycles. The summed E-state index contributed by atoms with van der Waals surface area (Å²) < 4.78 is 0. The molecule has 2 rings (SSSR count). The van der Waals surface area contributed by atoms with E-state index in [2.05, 4.69) is 16.6 Å². The van der Waals surface area contributed by atoms with Crippen LogP contribution in [0.5, 0.6) is 0 Å². The first-order chi connectivity index (χ1) is 8.79. The molecule has 0 radical (unpaired) electrons. The molecule has 0 heterocycles. The number of nitriles is 1. The average Bonchev–Trinajstić information content (AvgIpc) is 2.43. The number of hydrogen-bond acceptors (Lipinski definition) is 3. The van der Waals surface area contributed by atoms with Crippen LogP contribution in [-0.2, 0) is 0 Å². The quantitative estimate of drug-likeness (QED) is 0.672. The van der Waals surface area contributed by atoms with Crippen molar-refractivity contribution in [1.29, 1.82) is 5.26 Å². The van der Waals surface area contributed by atoms with E-state index in [0.717, 1.165) is 11.3 Å². The Bertz CT molecular complexity index is 583. The Morgan fingerprint density at radius 3 is 2.33 bits per heavy atom. The molecule has 0 aliphatic carbocycles. The average molecular weight is 256 g/mol. The molecule has 18 heavy (non-hydrogen) atoms.